The first-order chi connectivity index (χ1) is 21.3. The van der Waals surface area contributed by atoms with Crippen molar-refractivity contribution in [2.45, 2.75) is 45.7 Å². The van der Waals surface area contributed by atoms with Crippen LogP contribution >= 0.6 is 0 Å². The van der Waals surface area contributed by atoms with Gasteiger partial charge < -0.3 is 15.5 Å². The number of aromatic nitrogens is 3. The molecule has 0 saturated heterocycles. The largest absolute Gasteiger partial charge is 0.420 e. The maximum absolute atomic E-state index is 14.3. The number of nitrogens with two attached hydrogens (primary N) is 1. The van der Waals surface area contributed by atoms with Crippen molar-refractivity contribution in [2.75, 3.05) is 0 Å². The second kappa shape index (κ2) is 11.0. The Morgan fingerprint density at radius 2 is 1.76 bits per heavy atom. The number of fused-ring (bicyclic) bond motifs is 2. The molecule has 2 aromatic carbocycles. The predicted octanol–water partition coefficient (Wildman–Crippen LogP) is 5.02. The summed E-state index contributed by atoms with van der Waals surface area (Å²) in [4.78, 5) is 48.2. The fourth-order valence-corrected chi connectivity index (χ4v) is 5.93. The Hall–Kier alpha value is -5.26. The molecule has 12 heteroatoms. The summed E-state index contributed by atoms with van der Waals surface area (Å²) in [5.74, 6) is -4.16. The molecule has 45 heavy (non-hydrogen) atoms. The number of rotatable bonds is 8. The summed E-state index contributed by atoms with van der Waals surface area (Å²) in [6.45, 7) is 5.41. The molecule has 0 fully saturated rings. The molecule has 2 amide bonds. The maximum atomic E-state index is 14.3. The van der Waals surface area contributed by atoms with Crippen LogP contribution in [0.15, 0.2) is 63.9 Å². The van der Waals surface area contributed by atoms with Crippen LogP contribution in [0, 0.1) is 23.4 Å². The van der Waals surface area contributed by atoms with Crippen molar-refractivity contribution >= 4 is 22.9 Å². The Bertz CT molecular complexity index is 2070. The van der Waals surface area contributed by atoms with Crippen LogP contribution in [0.1, 0.15) is 64.1 Å². The Labute approximate surface area is 254 Å². The molecule has 0 aliphatic carbocycles. The molecule has 1 aliphatic heterocycles. The van der Waals surface area contributed by atoms with Gasteiger partial charge in [-0.05, 0) is 54.7 Å². The number of nitrogens with one attached hydrogen (secondary N) is 1. The summed E-state index contributed by atoms with van der Waals surface area (Å²) in [5, 5.41) is 3.01. The molecule has 6 rings (SSSR count). The number of halogens is 3. The van der Waals surface area contributed by atoms with Gasteiger partial charge in [-0.2, -0.15) is 0 Å². The third-order valence-electron chi connectivity index (χ3n) is 7.88. The average Bonchev–Trinajstić information content (AvgIpc) is 3.41. The van der Waals surface area contributed by atoms with Crippen molar-refractivity contribution in [1.82, 2.24) is 19.9 Å². The maximum Gasteiger partial charge on any atom is 0.420 e. The molecule has 0 bridgehead atoms. The third-order valence-corrected chi connectivity index (χ3v) is 7.88. The van der Waals surface area contributed by atoms with Crippen molar-refractivity contribution < 1.29 is 27.2 Å². The van der Waals surface area contributed by atoms with Crippen molar-refractivity contribution in [3.8, 4) is 11.1 Å². The van der Waals surface area contributed by atoms with Gasteiger partial charge in [0, 0.05) is 18.1 Å². The molecule has 1 unspecified atom stereocenters. The minimum Gasteiger partial charge on any atom is -0.408 e. The summed E-state index contributed by atoms with van der Waals surface area (Å²) in [6.07, 6.45) is 1.52. The zero-order valence-corrected chi connectivity index (χ0v) is 24.6. The summed E-state index contributed by atoms with van der Waals surface area (Å²) >= 11 is 0. The molecule has 0 saturated carbocycles. The third kappa shape index (κ3) is 5.36. The molecular weight excluding hydrogens is 587 g/mol. The van der Waals surface area contributed by atoms with Gasteiger partial charge in [-0.1, -0.05) is 32.0 Å². The van der Waals surface area contributed by atoms with Crippen molar-refractivity contribution in [1.29, 1.82) is 0 Å². The first kappa shape index (κ1) is 29.8. The van der Waals surface area contributed by atoms with Crippen molar-refractivity contribution in [3.63, 3.8) is 0 Å². The number of carbonyl (C=O) groups is 2. The lowest BCUT2D eigenvalue weighted by Crippen LogP contribution is -2.39. The first-order valence-electron chi connectivity index (χ1n) is 14.2. The number of oxazole rings is 1. The van der Waals surface area contributed by atoms with Gasteiger partial charge in [0.2, 0.25) is 0 Å². The van der Waals surface area contributed by atoms with Gasteiger partial charge in [-0.15, -0.1) is 0 Å². The van der Waals surface area contributed by atoms with E-state index >= 15 is 0 Å². The van der Waals surface area contributed by atoms with Crippen LogP contribution in [0.2, 0.25) is 0 Å². The lowest BCUT2D eigenvalue weighted by Gasteiger charge is -2.26. The number of amides is 2. The molecule has 3 aromatic heterocycles. The van der Waals surface area contributed by atoms with E-state index in [2.05, 4.69) is 10.3 Å². The average molecular weight is 616 g/mol. The molecule has 1 aliphatic rings. The Kier molecular flexibility index (Phi) is 7.30. The van der Waals surface area contributed by atoms with Gasteiger partial charge in [0.05, 0.1) is 52.0 Å². The minimum atomic E-state index is -1.01. The van der Waals surface area contributed by atoms with E-state index in [0.717, 1.165) is 16.3 Å². The quantitative estimate of drug-likeness (QED) is 0.252. The highest BCUT2D eigenvalue weighted by atomic mass is 19.1. The van der Waals surface area contributed by atoms with Crippen LogP contribution in [-0.2, 0) is 24.9 Å². The fraction of sp³-hybridized carbons (Fsp3) is 0.242. The van der Waals surface area contributed by atoms with E-state index in [1.807, 2.05) is 20.8 Å². The summed E-state index contributed by atoms with van der Waals surface area (Å²) in [6, 6.07) is 11.3. The standard InChI is InChI=1S/C33H28F3N5O4/c1-16(2)10-22-27(30(37)42)26(28-29(39-22)33(3,40-31(28)43)13-17-4-7-19(34)8-5-17)18-6-9-24-25(11-18)45-32(44)41(24)15-23-21(36)12-20(35)14-38-23/h4-9,11-12,14,16H,10,13,15H2,1-3H3,(H2,37,42)(H,40,43). The van der Waals surface area contributed by atoms with Crippen LogP contribution in [-0.4, -0.2) is 26.3 Å². The molecule has 5 aromatic rings. The lowest BCUT2D eigenvalue weighted by atomic mass is 9.84. The molecule has 3 N–H and O–H groups in total. The fourth-order valence-electron chi connectivity index (χ4n) is 5.93. The van der Waals surface area contributed by atoms with Gasteiger partial charge >= 0.3 is 5.76 Å². The van der Waals surface area contributed by atoms with Crippen LogP contribution in [0.25, 0.3) is 22.2 Å². The van der Waals surface area contributed by atoms with E-state index in [9.17, 15) is 27.6 Å². The van der Waals surface area contributed by atoms with E-state index in [4.69, 9.17) is 15.1 Å². The van der Waals surface area contributed by atoms with Crippen LogP contribution in [0.3, 0.4) is 0 Å². The van der Waals surface area contributed by atoms with E-state index in [-0.39, 0.29) is 51.8 Å². The van der Waals surface area contributed by atoms with Gasteiger partial charge in [-0.25, -0.2) is 18.0 Å². The monoisotopic (exact) mass is 615 g/mol. The van der Waals surface area contributed by atoms with E-state index in [0.29, 0.717) is 35.9 Å². The van der Waals surface area contributed by atoms with Gasteiger partial charge in [0.1, 0.15) is 17.5 Å². The van der Waals surface area contributed by atoms with E-state index in [1.54, 1.807) is 24.3 Å². The Morgan fingerprint density at radius 1 is 1.02 bits per heavy atom. The highest BCUT2D eigenvalue weighted by Crippen LogP contribution is 2.42. The highest BCUT2D eigenvalue weighted by molar-refractivity contribution is 6.12. The number of nitrogens with zero attached hydrogens (tertiary/aromatic N) is 3. The van der Waals surface area contributed by atoms with Crippen LogP contribution in [0.5, 0.6) is 0 Å². The van der Waals surface area contributed by atoms with Crippen LogP contribution in [0.4, 0.5) is 13.2 Å². The number of hydrogen-bond acceptors (Lipinski definition) is 6. The molecule has 0 radical (unpaired) electrons. The smallest absolute Gasteiger partial charge is 0.408 e. The van der Waals surface area contributed by atoms with Gasteiger partial charge in [0.25, 0.3) is 11.8 Å². The predicted molar refractivity (Wildman–Crippen MR) is 159 cm³/mol. The number of primary amides is 1. The minimum absolute atomic E-state index is 0.0716. The first-order valence-corrected chi connectivity index (χ1v) is 14.2. The molecule has 1 atom stereocenters. The molecule has 4 heterocycles. The molecular formula is C33H28F3N5O4. The topological polar surface area (TPSA) is 133 Å². The zero-order chi connectivity index (χ0) is 32.2. The molecule has 0 spiro atoms. The normalized spacial score (nSPS) is 15.9. The molecule has 230 valence electrons. The van der Waals surface area contributed by atoms with Crippen molar-refractivity contribution in [3.05, 3.63) is 117 Å². The molecule has 9 nitrogen and oxygen atoms in total. The zero-order valence-electron chi connectivity index (χ0n) is 24.6. The highest BCUT2D eigenvalue weighted by Gasteiger charge is 2.44. The number of carbonyl (C=O) groups excluding carboxylic acids is 2. The Balaban J connectivity index is 1.54. The van der Waals surface area contributed by atoms with Crippen molar-refractivity contribution in [2.24, 2.45) is 11.7 Å². The summed E-state index contributed by atoms with van der Waals surface area (Å²) in [7, 11) is 0. The second-order valence-corrected chi connectivity index (χ2v) is 11.8. The summed E-state index contributed by atoms with van der Waals surface area (Å²) in [5.41, 5.74) is 7.55. The van der Waals surface area contributed by atoms with Crippen LogP contribution < -0.4 is 16.8 Å². The number of pyridine rings is 2. The van der Waals surface area contributed by atoms with E-state index < -0.39 is 34.7 Å². The van der Waals surface area contributed by atoms with Gasteiger partial charge in [-0.3, -0.25) is 24.1 Å². The summed E-state index contributed by atoms with van der Waals surface area (Å²) < 4.78 is 48.0. The van der Waals surface area contributed by atoms with E-state index in [1.165, 1.54) is 18.2 Å². The number of hydrogen-bond donors (Lipinski definition) is 2. The number of benzene rings is 2. The lowest BCUT2D eigenvalue weighted by molar-refractivity contribution is 0.0935. The second-order valence-electron chi connectivity index (χ2n) is 11.8. The Morgan fingerprint density at radius 3 is 2.42 bits per heavy atom. The SMILES string of the molecule is CC(C)Cc1nc2c(c(-c3ccc4c(c3)oc(=O)n4Cc3ncc(F)cc3F)c1C(N)=O)C(=O)NC2(C)Cc1ccc(F)cc1. The van der Waals surface area contributed by atoms with Gasteiger partial charge in [0.15, 0.2) is 5.58 Å².